The van der Waals surface area contributed by atoms with Gasteiger partial charge in [0.1, 0.15) is 0 Å². The van der Waals surface area contributed by atoms with E-state index in [1.165, 1.54) is 0 Å². The molecule has 2 heterocycles. The molecule has 1 aliphatic rings. The maximum Gasteiger partial charge on any atom is 0.339 e. The van der Waals surface area contributed by atoms with Crippen LogP contribution in [0.5, 0.6) is 0 Å². The van der Waals surface area contributed by atoms with Crippen molar-refractivity contribution in [2.24, 2.45) is 0 Å². The van der Waals surface area contributed by atoms with E-state index < -0.39 is 5.97 Å². The van der Waals surface area contributed by atoms with E-state index in [-0.39, 0.29) is 24.2 Å². The van der Waals surface area contributed by atoms with Crippen molar-refractivity contribution in [2.75, 3.05) is 11.9 Å². The van der Waals surface area contributed by atoms with Crippen LogP contribution >= 0.6 is 0 Å². The number of ether oxygens (including phenoxy) is 1. The van der Waals surface area contributed by atoms with Crippen LogP contribution in [0.4, 0.5) is 5.69 Å². The number of anilines is 1. The number of carbonyl (C=O) groups is 3. The zero-order chi connectivity index (χ0) is 19.8. The van der Waals surface area contributed by atoms with Gasteiger partial charge < -0.3 is 10.1 Å². The summed E-state index contributed by atoms with van der Waals surface area (Å²) in [4.78, 5) is 41.2. The van der Waals surface area contributed by atoms with E-state index in [9.17, 15) is 14.4 Å². The molecule has 0 spiro atoms. The van der Waals surface area contributed by atoms with Crippen molar-refractivity contribution in [1.82, 2.24) is 4.98 Å². The van der Waals surface area contributed by atoms with Crippen LogP contribution in [0, 0.1) is 6.92 Å². The van der Waals surface area contributed by atoms with E-state index in [1.54, 1.807) is 44.2 Å². The first kappa shape index (κ1) is 17.9. The maximum absolute atomic E-state index is 12.6. The number of aromatic nitrogens is 1. The summed E-state index contributed by atoms with van der Waals surface area (Å²) in [6.07, 6.45) is 0. The van der Waals surface area contributed by atoms with Crippen LogP contribution in [0.2, 0.25) is 0 Å². The standard InChI is InChI=1S/C22H18N2O4/c1-12-9-17(15-5-3-4-6-18(15)23-12)22(27)28-11-20(25)14-7-8-19-16(10-14)13(2)21(26)24-19/h3-10,13H,11H2,1-2H3,(H,24,26)/t13-/m1/s1. The van der Waals surface area contributed by atoms with Crippen molar-refractivity contribution in [3.8, 4) is 0 Å². The minimum absolute atomic E-state index is 0.0917. The van der Waals surface area contributed by atoms with E-state index >= 15 is 0 Å². The monoisotopic (exact) mass is 374 g/mol. The summed E-state index contributed by atoms with van der Waals surface area (Å²) in [5.41, 5.74) is 3.67. The SMILES string of the molecule is Cc1cc(C(=O)OCC(=O)c2ccc3c(c2)[C@@H](C)C(=O)N3)c2ccccc2n1. The molecule has 1 amide bonds. The molecule has 6 nitrogen and oxygen atoms in total. The van der Waals surface area contributed by atoms with Gasteiger partial charge in [-0.1, -0.05) is 18.2 Å². The van der Waals surface area contributed by atoms with Crippen LogP contribution in [-0.4, -0.2) is 29.3 Å². The van der Waals surface area contributed by atoms with Crippen molar-refractivity contribution in [2.45, 2.75) is 19.8 Å². The lowest BCUT2D eigenvalue weighted by Crippen LogP contribution is -2.15. The fourth-order valence-electron chi connectivity index (χ4n) is 3.36. The lowest BCUT2D eigenvalue weighted by molar-refractivity contribution is -0.116. The largest absolute Gasteiger partial charge is 0.454 e. The molecule has 4 rings (SSSR count). The fourth-order valence-corrected chi connectivity index (χ4v) is 3.36. The second kappa shape index (κ2) is 6.88. The molecule has 0 unspecified atom stereocenters. The number of pyridine rings is 1. The molecule has 28 heavy (non-hydrogen) atoms. The van der Waals surface area contributed by atoms with E-state index in [0.29, 0.717) is 33.4 Å². The zero-order valence-corrected chi connectivity index (χ0v) is 15.5. The number of para-hydroxylation sites is 1. The second-order valence-corrected chi connectivity index (χ2v) is 6.84. The predicted molar refractivity (Wildman–Crippen MR) is 105 cm³/mol. The van der Waals surface area contributed by atoms with Gasteiger partial charge in [-0.3, -0.25) is 14.6 Å². The quantitative estimate of drug-likeness (QED) is 0.557. The van der Waals surface area contributed by atoms with Crippen molar-refractivity contribution in [3.05, 3.63) is 70.9 Å². The molecular formula is C22H18N2O4. The van der Waals surface area contributed by atoms with Gasteiger partial charge >= 0.3 is 5.97 Å². The van der Waals surface area contributed by atoms with Crippen molar-refractivity contribution in [3.63, 3.8) is 0 Å². The van der Waals surface area contributed by atoms with Gasteiger partial charge in [0.2, 0.25) is 5.91 Å². The minimum atomic E-state index is -0.568. The Morgan fingerprint density at radius 1 is 1.14 bits per heavy atom. The van der Waals surface area contributed by atoms with Gasteiger partial charge in [0.15, 0.2) is 12.4 Å². The molecule has 0 saturated heterocycles. The van der Waals surface area contributed by atoms with Crippen LogP contribution in [0.1, 0.15) is 44.8 Å². The number of amides is 1. The van der Waals surface area contributed by atoms with Gasteiger partial charge in [-0.05, 0) is 49.7 Å². The molecule has 1 N–H and O–H groups in total. The van der Waals surface area contributed by atoms with Crippen LogP contribution in [0.15, 0.2) is 48.5 Å². The maximum atomic E-state index is 12.6. The molecule has 0 radical (unpaired) electrons. The Balaban J connectivity index is 1.52. The van der Waals surface area contributed by atoms with Gasteiger partial charge in [-0.15, -0.1) is 0 Å². The molecule has 0 fully saturated rings. The molecule has 0 saturated carbocycles. The molecule has 1 aromatic heterocycles. The Bertz CT molecular complexity index is 1140. The molecule has 1 aliphatic heterocycles. The number of hydrogen-bond donors (Lipinski definition) is 1. The van der Waals surface area contributed by atoms with Crippen molar-refractivity contribution < 1.29 is 19.1 Å². The Hall–Kier alpha value is -3.54. The first-order valence-corrected chi connectivity index (χ1v) is 8.95. The number of hydrogen-bond acceptors (Lipinski definition) is 5. The molecule has 2 aromatic carbocycles. The van der Waals surface area contributed by atoms with Gasteiger partial charge in [0, 0.05) is 22.3 Å². The van der Waals surface area contributed by atoms with E-state index in [1.807, 2.05) is 18.2 Å². The highest BCUT2D eigenvalue weighted by Gasteiger charge is 2.27. The third kappa shape index (κ3) is 3.13. The molecule has 6 heteroatoms. The highest BCUT2D eigenvalue weighted by Crippen LogP contribution is 2.32. The zero-order valence-electron chi connectivity index (χ0n) is 15.5. The molecule has 0 aliphatic carbocycles. The van der Waals surface area contributed by atoms with Crippen LogP contribution in [0.3, 0.4) is 0 Å². The third-order valence-corrected chi connectivity index (χ3v) is 4.89. The second-order valence-electron chi connectivity index (χ2n) is 6.84. The van der Waals surface area contributed by atoms with E-state index in [4.69, 9.17) is 4.74 Å². The number of carbonyl (C=O) groups excluding carboxylic acids is 3. The number of aryl methyl sites for hydroxylation is 1. The van der Waals surface area contributed by atoms with Crippen LogP contribution in [0.25, 0.3) is 10.9 Å². The first-order valence-electron chi connectivity index (χ1n) is 8.95. The summed E-state index contributed by atoms with van der Waals surface area (Å²) in [6, 6.07) is 14.0. The molecule has 1 atom stereocenters. The van der Waals surface area contributed by atoms with Crippen molar-refractivity contribution >= 4 is 34.3 Å². The van der Waals surface area contributed by atoms with Crippen LogP contribution in [-0.2, 0) is 9.53 Å². The fraction of sp³-hybridized carbons (Fsp3) is 0.182. The third-order valence-electron chi connectivity index (χ3n) is 4.89. The minimum Gasteiger partial charge on any atom is -0.454 e. The van der Waals surface area contributed by atoms with Gasteiger partial charge in [-0.25, -0.2) is 4.79 Å². The Morgan fingerprint density at radius 2 is 1.93 bits per heavy atom. The normalized spacial score (nSPS) is 15.2. The van der Waals surface area contributed by atoms with Crippen LogP contribution < -0.4 is 5.32 Å². The topological polar surface area (TPSA) is 85.4 Å². The number of benzene rings is 2. The molecule has 0 bridgehead atoms. The number of ketones is 1. The summed E-state index contributed by atoms with van der Waals surface area (Å²) < 4.78 is 5.28. The summed E-state index contributed by atoms with van der Waals surface area (Å²) >= 11 is 0. The van der Waals surface area contributed by atoms with Crippen molar-refractivity contribution in [1.29, 1.82) is 0 Å². The Morgan fingerprint density at radius 3 is 2.75 bits per heavy atom. The van der Waals surface area contributed by atoms with Gasteiger partial charge in [-0.2, -0.15) is 0 Å². The van der Waals surface area contributed by atoms with E-state index in [0.717, 1.165) is 5.56 Å². The highest BCUT2D eigenvalue weighted by molar-refractivity contribution is 6.07. The lowest BCUT2D eigenvalue weighted by Gasteiger charge is -2.09. The Labute approximate surface area is 161 Å². The number of rotatable bonds is 4. The summed E-state index contributed by atoms with van der Waals surface area (Å²) in [5, 5.41) is 3.45. The molecule has 3 aromatic rings. The predicted octanol–water partition coefficient (Wildman–Crippen LogP) is 3.64. The van der Waals surface area contributed by atoms with E-state index in [2.05, 4.69) is 10.3 Å². The summed E-state index contributed by atoms with van der Waals surface area (Å²) in [5.74, 6) is -1.29. The number of nitrogens with zero attached hydrogens (tertiary/aromatic N) is 1. The average Bonchev–Trinajstić information content (AvgIpc) is 2.98. The number of nitrogens with one attached hydrogen (secondary N) is 1. The van der Waals surface area contributed by atoms with Gasteiger partial charge in [0.25, 0.3) is 0 Å². The smallest absolute Gasteiger partial charge is 0.339 e. The Kier molecular flexibility index (Phi) is 4.39. The number of fused-ring (bicyclic) bond motifs is 2. The summed E-state index contributed by atoms with van der Waals surface area (Å²) in [6.45, 7) is 3.21. The molecular weight excluding hydrogens is 356 g/mol. The summed E-state index contributed by atoms with van der Waals surface area (Å²) in [7, 11) is 0. The molecule has 140 valence electrons. The number of Topliss-reactive ketones (excluding diaryl/α,β-unsaturated/α-hetero) is 1. The highest BCUT2D eigenvalue weighted by atomic mass is 16.5. The first-order chi connectivity index (χ1) is 13.4. The van der Waals surface area contributed by atoms with Gasteiger partial charge in [0.05, 0.1) is 17.0 Å². The number of esters is 1. The lowest BCUT2D eigenvalue weighted by atomic mass is 9.99. The average molecular weight is 374 g/mol.